The van der Waals surface area contributed by atoms with E-state index in [2.05, 4.69) is 4.74 Å². The molecular formula is C14H16O6. The maximum Gasteiger partial charge on any atom is 0.341 e. The topological polar surface area (TPSA) is 78.9 Å². The SMILES string of the molecule is CC(=O)OCC(OC(C)=O)OC(=O)c1ccccc1C. The second-order valence-corrected chi connectivity index (χ2v) is 4.06. The van der Waals surface area contributed by atoms with Gasteiger partial charge in [0.2, 0.25) is 0 Å². The van der Waals surface area contributed by atoms with E-state index in [1.807, 2.05) is 0 Å². The lowest BCUT2D eigenvalue weighted by Crippen LogP contribution is -2.29. The van der Waals surface area contributed by atoms with Gasteiger partial charge in [0.25, 0.3) is 6.29 Å². The van der Waals surface area contributed by atoms with Gasteiger partial charge in [-0.25, -0.2) is 4.79 Å². The lowest BCUT2D eigenvalue weighted by atomic mass is 10.1. The number of benzene rings is 1. The predicted molar refractivity (Wildman–Crippen MR) is 68.8 cm³/mol. The zero-order valence-corrected chi connectivity index (χ0v) is 11.5. The van der Waals surface area contributed by atoms with Crippen LogP contribution in [0.3, 0.4) is 0 Å². The molecule has 0 radical (unpaired) electrons. The molecule has 1 aromatic carbocycles. The molecule has 0 aliphatic carbocycles. The largest absolute Gasteiger partial charge is 0.458 e. The van der Waals surface area contributed by atoms with E-state index in [1.165, 1.54) is 13.8 Å². The highest BCUT2D eigenvalue weighted by Gasteiger charge is 2.20. The first kappa shape index (κ1) is 15.7. The Morgan fingerprint density at radius 1 is 1.05 bits per heavy atom. The van der Waals surface area contributed by atoms with Gasteiger partial charge in [-0.05, 0) is 18.6 Å². The fourth-order valence-electron chi connectivity index (χ4n) is 1.45. The molecule has 6 nitrogen and oxygen atoms in total. The van der Waals surface area contributed by atoms with Crippen LogP contribution in [0.4, 0.5) is 0 Å². The van der Waals surface area contributed by atoms with Crippen LogP contribution in [0, 0.1) is 6.92 Å². The molecule has 1 aromatic rings. The van der Waals surface area contributed by atoms with Gasteiger partial charge in [0.05, 0.1) is 5.56 Å². The molecule has 1 atom stereocenters. The summed E-state index contributed by atoms with van der Waals surface area (Å²) in [5.74, 6) is -1.85. The summed E-state index contributed by atoms with van der Waals surface area (Å²) in [6.45, 7) is 3.78. The minimum atomic E-state index is -1.26. The van der Waals surface area contributed by atoms with E-state index in [-0.39, 0.29) is 6.61 Å². The minimum Gasteiger partial charge on any atom is -0.458 e. The summed E-state index contributed by atoms with van der Waals surface area (Å²) in [7, 11) is 0. The first-order chi connectivity index (χ1) is 9.40. The summed E-state index contributed by atoms with van der Waals surface area (Å²) in [6.07, 6.45) is -1.26. The molecule has 1 unspecified atom stereocenters. The lowest BCUT2D eigenvalue weighted by Gasteiger charge is -2.17. The Hall–Kier alpha value is -2.37. The van der Waals surface area contributed by atoms with Gasteiger partial charge >= 0.3 is 17.9 Å². The Balaban J connectivity index is 2.73. The number of hydrogen-bond donors (Lipinski definition) is 0. The summed E-state index contributed by atoms with van der Waals surface area (Å²) in [5, 5.41) is 0. The van der Waals surface area contributed by atoms with Crippen LogP contribution in [0.5, 0.6) is 0 Å². The fourth-order valence-corrected chi connectivity index (χ4v) is 1.45. The summed E-state index contributed by atoms with van der Waals surface area (Å²) in [4.78, 5) is 33.6. The van der Waals surface area contributed by atoms with Gasteiger partial charge in [0.15, 0.2) is 6.61 Å². The molecule has 0 heterocycles. The molecule has 1 rings (SSSR count). The molecule has 108 valence electrons. The molecule has 0 amide bonds. The maximum absolute atomic E-state index is 11.9. The maximum atomic E-state index is 11.9. The molecular weight excluding hydrogens is 264 g/mol. The van der Waals surface area contributed by atoms with Crippen LogP contribution in [-0.2, 0) is 23.8 Å². The van der Waals surface area contributed by atoms with Gasteiger partial charge in [-0.3, -0.25) is 9.59 Å². The van der Waals surface area contributed by atoms with E-state index in [0.29, 0.717) is 5.56 Å². The monoisotopic (exact) mass is 280 g/mol. The molecule has 0 aliphatic rings. The third kappa shape index (κ3) is 5.09. The Morgan fingerprint density at radius 3 is 2.25 bits per heavy atom. The average molecular weight is 280 g/mol. The normalized spacial score (nSPS) is 11.3. The van der Waals surface area contributed by atoms with Crippen LogP contribution < -0.4 is 0 Å². The molecule has 0 aromatic heterocycles. The van der Waals surface area contributed by atoms with Crippen LogP contribution in [0.15, 0.2) is 24.3 Å². The number of esters is 3. The number of carbonyl (C=O) groups excluding carboxylic acids is 3. The molecule has 0 spiro atoms. The summed E-state index contributed by atoms with van der Waals surface area (Å²) >= 11 is 0. The van der Waals surface area contributed by atoms with Crippen LogP contribution in [0.25, 0.3) is 0 Å². The lowest BCUT2D eigenvalue weighted by molar-refractivity contribution is -0.180. The number of ether oxygens (including phenoxy) is 3. The van der Waals surface area contributed by atoms with Crippen LogP contribution in [-0.4, -0.2) is 30.8 Å². The highest BCUT2D eigenvalue weighted by molar-refractivity contribution is 5.91. The second kappa shape index (κ2) is 7.28. The highest BCUT2D eigenvalue weighted by Crippen LogP contribution is 2.11. The predicted octanol–water partition coefficient (Wildman–Crippen LogP) is 1.60. The van der Waals surface area contributed by atoms with E-state index < -0.39 is 24.2 Å². The van der Waals surface area contributed by atoms with Crippen molar-refractivity contribution in [3.63, 3.8) is 0 Å². The van der Waals surface area contributed by atoms with Gasteiger partial charge in [0.1, 0.15) is 0 Å². The van der Waals surface area contributed by atoms with E-state index in [0.717, 1.165) is 5.56 Å². The standard InChI is InChI=1S/C14H16O6/c1-9-6-4-5-7-12(9)14(17)20-13(19-11(3)16)8-18-10(2)15/h4-7,13H,8H2,1-3H3. The molecule has 6 heteroatoms. The van der Waals surface area contributed by atoms with Crippen molar-refractivity contribution in [1.82, 2.24) is 0 Å². The molecule has 20 heavy (non-hydrogen) atoms. The van der Waals surface area contributed by atoms with E-state index in [9.17, 15) is 14.4 Å². The van der Waals surface area contributed by atoms with E-state index in [4.69, 9.17) is 9.47 Å². The average Bonchev–Trinajstić information content (AvgIpc) is 2.35. The quantitative estimate of drug-likeness (QED) is 0.602. The van der Waals surface area contributed by atoms with Gasteiger partial charge in [-0.1, -0.05) is 18.2 Å². The third-order valence-corrected chi connectivity index (χ3v) is 2.32. The molecule has 0 saturated heterocycles. The number of rotatable bonds is 5. The van der Waals surface area contributed by atoms with Crippen molar-refractivity contribution < 1.29 is 28.6 Å². The van der Waals surface area contributed by atoms with Crippen molar-refractivity contribution >= 4 is 17.9 Å². The molecule has 0 fully saturated rings. The number of hydrogen-bond acceptors (Lipinski definition) is 6. The van der Waals surface area contributed by atoms with Crippen molar-refractivity contribution in [1.29, 1.82) is 0 Å². The van der Waals surface area contributed by atoms with Gasteiger partial charge < -0.3 is 14.2 Å². The van der Waals surface area contributed by atoms with Crippen molar-refractivity contribution in [2.24, 2.45) is 0 Å². The fraction of sp³-hybridized carbons (Fsp3) is 0.357. The van der Waals surface area contributed by atoms with Crippen molar-refractivity contribution in [2.75, 3.05) is 6.61 Å². The van der Waals surface area contributed by atoms with Crippen LogP contribution >= 0.6 is 0 Å². The zero-order chi connectivity index (χ0) is 15.1. The number of aryl methyl sites for hydroxylation is 1. The Kier molecular flexibility index (Phi) is 5.71. The third-order valence-electron chi connectivity index (χ3n) is 2.32. The number of carbonyl (C=O) groups is 3. The Bertz CT molecular complexity index is 508. The smallest absolute Gasteiger partial charge is 0.341 e. The minimum absolute atomic E-state index is 0.341. The van der Waals surface area contributed by atoms with Crippen LogP contribution in [0.2, 0.25) is 0 Å². The summed E-state index contributed by atoms with van der Waals surface area (Å²) in [6, 6.07) is 6.82. The summed E-state index contributed by atoms with van der Waals surface area (Å²) in [5.41, 5.74) is 1.08. The zero-order valence-electron chi connectivity index (χ0n) is 11.5. The van der Waals surface area contributed by atoms with Crippen molar-refractivity contribution in [3.05, 3.63) is 35.4 Å². The summed E-state index contributed by atoms with van der Waals surface area (Å²) < 4.78 is 14.5. The molecule has 0 bridgehead atoms. The molecule has 0 aliphatic heterocycles. The van der Waals surface area contributed by atoms with E-state index >= 15 is 0 Å². The second-order valence-electron chi connectivity index (χ2n) is 4.06. The Morgan fingerprint density at radius 2 is 1.70 bits per heavy atom. The van der Waals surface area contributed by atoms with Gasteiger partial charge in [-0.15, -0.1) is 0 Å². The van der Waals surface area contributed by atoms with Gasteiger partial charge in [-0.2, -0.15) is 0 Å². The molecule has 0 saturated carbocycles. The van der Waals surface area contributed by atoms with Crippen molar-refractivity contribution in [2.45, 2.75) is 27.1 Å². The first-order valence-corrected chi connectivity index (χ1v) is 5.97. The van der Waals surface area contributed by atoms with Crippen LogP contribution in [0.1, 0.15) is 29.8 Å². The highest BCUT2D eigenvalue weighted by atomic mass is 16.7. The Labute approximate surface area is 116 Å². The van der Waals surface area contributed by atoms with Gasteiger partial charge in [0, 0.05) is 13.8 Å². The first-order valence-electron chi connectivity index (χ1n) is 5.97. The molecule has 0 N–H and O–H groups in total. The van der Waals surface area contributed by atoms with E-state index in [1.54, 1.807) is 31.2 Å². The van der Waals surface area contributed by atoms with Crippen molar-refractivity contribution in [3.8, 4) is 0 Å².